The predicted octanol–water partition coefficient (Wildman–Crippen LogP) is 5.31. The molecular formula is C24H39N5O. The second-order valence-electron chi connectivity index (χ2n) is 8.27. The molecule has 1 fully saturated rings. The standard InChI is InChI=1S/C24H39N5O/c1-4-29(5-2)17-11-7-10-16-25-21-18-23(30-3)27-20-14-15-22(28-24(20)21)26-19-12-8-6-9-13-19/h14-15,18-19H,4-13,16-17H2,1-3H3,(H,25,27)(H,26,28). The number of anilines is 2. The van der Waals surface area contributed by atoms with Crippen LogP contribution in [-0.2, 0) is 0 Å². The Morgan fingerprint density at radius 1 is 1.03 bits per heavy atom. The molecule has 0 aromatic carbocycles. The minimum Gasteiger partial charge on any atom is -0.481 e. The summed E-state index contributed by atoms with van der Waals surface area (Å²) in [6.45, 7) is 8.87. The molecule has 1 aliphatic rings. The third-order valence-electron chi connectivity index (χ3n) is 6.15. The fourth-order valence-corrected chi connectivity index (χ4v) is 4.26. The van der Waals surface area contributed by atoms with Gasteiger partial charge in [0.1, 0.15) is 11.3 Å². The van der Waals surface area contributed by atoms with Gasteiger partial charge in [-0.15, -0.1) is 0 Å². The molecule has 2 aromatic heterocycles. The van der Waals surface area contributed by atoms with Crippen LogP contribution in [0.4, 0.5) is 11.5 Å². The van der Waals surface area contributed by atoms with E-state index in [1.807, 2.05) is 18.2 Å². The minimum atomic E-state index is 0.539. The second-order valence-corrected chi connectivity index (χ2v) is 8.27. The summed E-state index contributed by atoms with van der Waals surface area (Å²) in [6.07, 6.45) is 10.1. The molecule has 166 valence electrons. The van der Waals surface area contributed by atoms with E-state index in [0.717, 1.165) is 48.6 Å². The highest BCUT2D eigenvalue weighted by atomic mass is 16.5. The molecule has 1 saturated carbocycles. The van der Waals surface area contributed by atoms with E-state index in [0.29, 0.717) is 11.9 Å². The van der Waals surface area contributed by atoms with Crippen LogP contribution in [0.5, 0.6) is 5.88 Å². The lowest BCUT2D eigenvalue weighted by atomic mass is 9.95. The van der Waals surface area contributed by atoms with E-state index >= 15 is 0 Å². The third kappa shape index (κ3) is 6.46. The van der Waals surface area contributed by atoms with Gasteiger partial charge in [0, 0.05) is 18.7 Å². The first kappa shape index (κ1) is 22.6. The summed E-state index contributed by atoms with van der Waals surface area (Å²) in [5.41, 5.74) is 2.79. The maximum Gasteiger partial charge on any atom is 0.215 e. The number of unbranched alkanes of at least 4 members (excludes halogenated alkanes) is 2. The average molecular weight is 414 g/mol. The maximum absolute atomic E-state index is 5.41. The summed E-state index contributed by atoms with van der Waals surface area (Å²) in [5.74, 6) is 1.57. The molecule has 1 aliphatic carbocycles. The Hall–Kier alpha value is -2.08. The Labute approximate surface area is 181 Å². The van der Waals surface area contributed by atoms with Gasteiger partial charge in [-0.25, -0.2) is 9.97 Å². The van der Waals surface area contributed by atoms with Crippen LogP contribution in [0.1, 0.15) is 65.2 Å². The summed E-state index contributed by atoms with van der Waals surface area (Å²) in [7, 11) is 1.66. The van der Waals surface area contributed by atoms with Crippen molar-refractivity contribution in [3.8, 4) is 5.88 Å². The van der Waals surface area contributed by atoms with Crippen molar-refractivity contribution in [3.63, 3.8) is 0 Å². The number of nitrogens with one attached hydrogen (secondary N) is 2. The van der Waals surface area contributed by atoms with Crippen LogP contribution >= 0.6 is 0 Å². The third-order valence-corrected chi connectivity index (χ3v) is 6.15. The molecule has 6 heteroatoms. The van der Waals surface area contributed by atoms with Gasteiger partial charge in [-0.05, 0) is 57.5 Å². The van der Waals surface area contributed by atoms with Crippen LogP contribution in [-0.4, -0.2) is 54.2 Å². The largest absolute Gasteiger partial charge is 0.481 e. The SMILES string of the molecule is CCN(CC)CCCCCNc1cc(OC)nc2ccc(NC3CCCCC3)nc12. The van der Waals surface area contributed by atoms with Crippen molar-refractivity contribution < 1.29 is 4.74 Å². The van der Waals surface area contributed by atoms with E-state index < -0.39 is 0 Å². The highest BCUT2D eigenvalue weighted by Crippen LogP contribution is 2.28. The Kier molecular flexibility index (Phi) is 9.00. The summed E-state index contributed by atoms with van der Waals surface area (Å²) in [6, 6.07) is 6.60. The van der Waals surface area contributed by atoms with E-state index in [1.165, 1.54) is 51.5 Å². The summed E-state index contributed by atoms with van der Waals surface area (Å²) in [4.78, 5) is 12.0. The van der Waals surface area contributed by atoms with Gasteiger partial charge in [0.2, 0.25) is 5.88 Å². The topological polar surface area (TPSA) is 62.3 Å². The number of hydrogen-bond acceptors (Lipinski definition) is 6. The zero-order valence-electron chi connectivity index (χ0n) is 19.0. The van der Waals surface area contributed by atoms with Gasteiger partial charge in [-0.2, -0.15) is 0 Å². The van der Waals surface area contributed by atoms with Crippen LogP contribution in [0, 0.1) is 0 Å². The molecule has 2 aromatic rings. The van der Waals surface area contributed by atoms with Gasteiger partial charge in [-0.1, -0.05) is 39.5 Å². The van der Waals surface area contributed by atoms with Gasteiger partial charge in [0.25, 0.3) is 0 Å². The molecule has 3 rings (SSSR count). The summed E-state index contributed by atoms with van der Waals surface area (Å²) < 4.78 is 5.41. The van der Waals surface area contributed by atoms with Gasteiger partial charge in [0.15, 0.2) is 0 Å². The zero-order chi connectivity index (χ0) is 21.2. The smallest absolute Gasteiger partial charge is 0.215 e. The number of methoxy groups -OCH3 is 1. The molecule has 2 heterocycles. The molecule has 0 spiro atoms. The van der Waals surface area contributed by atoms with Gasteiger partial charge in [0.05, 0.1) is 18.3 Å². The number of hydrogen-bond donors (Lipinski definition) is 2. The Morgan fingerprint density at radius 3 is 2.57 bits per heavy atom. The lowest BCUT2D eigenvalue weighted by Gasteiger charge is -2.23. The van der Waals surface area contributed by atoms with E-state index in [2.05, 4.69) is 34.4 Å². The van der Waals surface area contributed by atoms with Crippen molar-refractivity contribution in [2.24, 2.45) is 0 Å². The number of aromatic nitrogens is 2. The second kappa shape index (κ2) is 11.9. The molecule has 0 amide bonds. The van der Waals surface area contributed by atoms with Gasteiger partial charge >= 0.3 is 0 Å². The quantitative estimate of drug-likeness (QED) is 0.460. The zero-order valence-corrected chi connectivity index (χ0v) is 19.0. The number of rotatable bonds is 12. The molecule has 0 bridgehead atoms. The molecule has 6 nitrogen and oxygen atoms in total. The van der Waals surface area contributed by atoms with Crippen LogP contribution in [0.2, 0.25) is 0 Å². The van der Waals surface area contributed by atoms with Crippen molar-refractivity contribution in [1.29, 1.82) is 0 Å². The predicted molar refractivity (Wildman–Crippen MR) is 127 cm³/mol. The van der Waals surface area contributed by atoms with Crippen LogP contribution in [0.3, 0.4) is 0 Å². The van der Waals surface area contributed by atoms with E-state index in [9.17, 15) is 0 Å². The van der Waals surface area contributed by atoms with Crippen LogP contribution in [0.15, 0.2) is 18.2 Å². The molecule has 30 heavy (non-hydrogen) atoms. The van der Waals surface area contributed by atoms with E-state index in [1.54, 1.807) is 7.11 Å². The number of fused-ring (bicyclic) bond motifs is 1. The van der Waals surface area contributed by atoms with Crippen molar-refractivity contribution in [2.45, 2.75) is 71.3 Å². The molecule has 2 N–H and O–H groups in total. The molecule has 0 radical (unpaired) electrons. The lowest BCUT2D eigenvalue weighted by molar-refractivity contribution is 0.296. The molecular weight excluding hydrogens is 374 g/mol. The fraction of sp³-hybridized carbons (Fsp3) is 0.667. The van der Waals surface area contributed by atoms with Gasteiger partial charge in [-0.3, -0.25) is 0 Å². The minimum absolute atomic E-state index is 0.539. The normalized spacial score (nSPS) is 14.9. The summed E-state index contributed by atoms with van der Waals surface area (Å²) in [5, 5.41) is 7.22. The molecule has 0 unspecified atom stereocenters. The van der Waals surface area contributed by atoms with E-state index in [-0.39, 0.29) is 0 Å². The monoisotopic (exact) mass is 413 g/mol. The number of pyridine rings is 2. The molecule has 0 aliphatic heterocycles. The van der Waals surface area contributed by atoms with E-state index in [4.69, 9.17) is 9.72 Å². The highest BCUT2D eigenvalue weighted by Gasteiger charge is 2.15. The Morgan fingerprint density at radius 2 is 1.83 bits per heavy atom. The first-order valence-corrected chi connectivity index (χ1v) is 11.8. The molecule has 0 atom stereocenters. The van der Waals surface area contributed by atoms with Crippen molar-refractivity contribution in [2.75, 3.05) is 43.9 Å². The van der Waals surface area contributed by atoms with Crippen molar-refractivity contribution in [1.82, 2.24) is 14.9 Å². The van der Waals surface area contributed by atoms with Crippen LogP contribution in [0.25, 0.3) is 11.0 Å². The Bertz CT molecular complexity index is 772. The van der Waals surface area contributed by atoms with Crippen molar-refractivity contribution in [3.05, 3.63) is 18.2 Å². The lowest BCUT2D eigenvalue weighted by Crippen LogP contribution is -2.24. The van der Waals surface area contributed by atoms with Crippen molar-refractivity contribution >= 4 is 22.5 Å². The van der Waals surface area contributed by atoms with Crippen LogP contribution < -0.4 is 15.4 Å². The average Bonchev–Trinajstić information content (AvgIpc) is 2.79. The molecule has 0 saturated heterocycles. The first-order valence-electron chi connectivity index (χ1n) is 11.8. The summed E-state index contributed by atoms with van der Waals surface area (Å²) >= 11 is 0. The number of ether oxygens (including phenoxy) is 1. The van der Waals surface area contributed by atoms with Gasteiger partial charge < -0.3 is 20.3 Å². The first-order chi connectivity index (χ1) is 14.7. The fourth-order valence-electron chi connectivity index (χ4n) is 4.26. The Balaban J connectivity index is 1.61. The maximum atomic E-state index is 5.41. The highest BCUT2D eigenvalue weighted by molar-refractivity contribution is 5.89. The number of nitrogens with zero attached hydrogens (tertiary/aromatic N) is 3.